The summed E-state index contributed by atoms with van der Waals surface area (Å²) in [4.78, 5) is 18.0. The van der Waals surface area contributed by atoms with Crippen molar-refractivity contribution in [3.8, 4) is 0 Å². The van der Waals surface area contributed by atoms with Crippen LogP contribution < -0.4 is 5.32 Å². The first-order chi connectivity index (χ1) is 9.60. The Labute approximate surface area is 123 Å². The second kappa shape index (κ2) is 6.39. The highest BCUT2D eigenvalue weighted by atomic mass is 35.5. The van der Waals surface area contributed by atoms with Gasteiger partial charge in [0, 0.05) is 31.9 Å². The molecule has 20 heavy (non-hydrogen) atoms. The summed E-state index contributed by atoms with van der Waals surface area (Å²) in [6, 6.07) is 11.0. The van der Waals surface area contributed by atoms with Crippen LogP contribution in [-0.4, -0.2) is 29.9 Å². The summed E-state index contributed by atoms with van der Waals surface area (Å²) in [5.74, 6) is 0.666. The summed E-state index contributed by atoms with van der Waals surface area (Å²) < 4.78 is 0. The predicted molar refractivity (Wildman–Crippen MR) is 81.0 cm³/mol. The summed E-state index contributed by atoms with van der Waals surface area (Å²) in [6.45, 7) is 0.507. The van der Waals surface area contributed by atoms with Gasteiger partial charge >= 0.3 is 0 Å². The molecule has 104 valence electrons. The van der Waals surface area contributed by atoms with Crippen molar-refractivity contribution >= 4 is 23.3 Å². The van der Waals surface area contributed by atoms with Gasteiger partial charge in [-0.2, -0.15) is 0 Å². The molecule has 0 fully saturated rings. The topological polar surface area (TPSA) is 45.2 Å². The number of hydrogen-bond donors (Lipinski definition) is 1. The summed E-state index contributed by atoms with van der Waals surface area (Å²) >= 11 is 5.94. The smallest absolute Gasteiger partial charge is 0.255 e. The van der Waals surface area contributed by atoms with Crippen LogP contribution in [0.15, 0.2) is 42.6 Å². The molecule has 0 spiro atoms. The van der Waals surface area contributed by atoms with Crippen LogP contribution in [0.4, 0.5) is 5.82 Å². The molecule has 2 rings (SSSR count). The average Bonchev–Trinajstić information content (AvgIpc) is 2.46. The molecule has 5 heteroatoms. The Morgan fingerprint density at radius 3 is 2.75 bits per heavy atom. The molecule has 0 atom stereocenters. The van der Waals surface area contributed by atoms with Gasteiger partial charge in [-0.3, -0.25) is 4.79 Å². The van der Waals surface area contributed by atoms with E-state index in [-0.39, 0.29) is 5.91 Å². The maximum atomic E-state index is 12.3. The van der Waals surface area contributed by atoms with Gasteiger partial charge in [0.05, 0.1) is 5.56 Å². The predicted octanol–water partition coefficient (Wildman–Crippen LogP) is 3.05. The van der Waals surface area contributed by atoms with Crippen molar-refractivity contribution in [2.45, 2.75) is 6.54 Å². The molecule has 0 saturated heterocycles. The molecule has 0 unspecified atom stereocenters. The molecule has 1 aromatic carbocycles. The van der Waals surface area contributed by atoms with Gasteiger partial charge in [-0.15, -0.1) is 0 Å². The third kappa shape index (κ3) is 3.48. The van der Waals surface area contributed by atoms with Crippen molar-refractivity contribution in [1.82, 2.24) is 9.88 Å². The molecule has 0 aliphatic heterocycles. The fraction of sp³-hybridized carbons (Fsp3) is 0.200. The van der Waals surface area contributed by atoms with Gasteiger partial charge < -0.3 is 10.2 Å². The molecule has 1 aromatic heterocycles. The lowest BCUT2D eigenvalue weighted by molar-refractivity contribution is 0.0784. The van der Waals surface area contributed by atoms with E-state index in [0.29, 0.717) is 17.1 Å². The van der Waals surface area contributed by atoms with E-state index in [1.165, 1.54) is 0 Å². The van der Waals surface area contributed by atoms with Gasteiger partial charge in [-0.25, -0.2) is 4.98 Å². The number of amides is 1. The molecule has 1 N–H and O–H groups in total. The summed E-state index contributed by atoms with van der Waals surface area (Å²) in [6.07, 6.45) is 1.57. The van der Waals surface area contributed by atoms with Crippen molar-refractivity contribution in [2.24, 2.45) is 0 Å². The number of nitrogens with zero attached hydrogens (tertiary/aromatic N) is 2. The third-order valence-corrected chi connectivity index (χ3v) is 3.16. The fourth-order valence-electron chi connectivity index (χ4n) is 1.87. The van der Waals surface area contributed by atoms with Crippen LogP contribution in [0.1, 0.15) is 15.9 Å². The van der Waals surface area contributed by atoms with E-state index in [4.69, 9.17) is 11.6 Å². The van der Waals surface area contributed by atoms with Gasteiger partial charge in [0.25, 0.3) is 5.91 Å². The van der Waals surface area contributed by atoms with Gasteiger partial charge in [-0.05, 0) is 29.8 Å². The molecule has 0 aliphatic carbocycles. The number of carbonyl (C=O) groups is 1. The SMILES string of the molecule is CNc1ccc(C(=O)N(C)Cc2cccc(Cl)c2)cn1. The average molecular weight is 290 g/mol. The largest absolute Gasteiger partial charge is 0.373 e. The highest BCUT2D eigenvalue weighted by Crippen LogP contribution is 2.14. The highest BCUT2D eigenvalue weighted by molar-refractivity contribution is 6.30. The molecule has 0 bridgehead atoms. The van der Waals surface area contributed by atoms with E-state index >= 15 is 0 Å². The van der Waals surface area contributed by atoms with E-state index in [0.717, 1.165) is 11.4 Å². The zero-order valence-corrected chi connectivity index (χ0v) is 12.2. The Hall–Kier alpha value is -2.07. The molecule has 1 amide bonds. The number of aromatic nitrogens is 1. The summed E-state index contributed by atoms with van der Waals surface area (Å²) in [7, 11) is 3.55. The van der Waals surface area contributed by atoms with Crippen LogP contribution in [0.3, 0.4) is 0 Å². The van der Waals surface area contributed by atoms with Crippen molar-refractivity contribution in [3.05, 3.63) is 58.7 Å². The van der Waals surface area contributed by atoms with E-state index in [1.54, 1.807) is 37.3 Å². The second-order valence-electron chi connectivity index (χ2n) is 4.47. The quantitative estimate of drug-likeness (QED) is 0.941. The van der Waals surface area contributed by atoms with Crippen LogP contribution in [-0.2, 0) is 6.54 Å². The van der Waals surface area contributed by atoms with E-state index < -0.39 is 0 Å². The maximum absolute atomic E-state index is 12.3. The van der Waals surface area contributed by atoms with Crippen LogP contribution in [0, 0.1) is 0 Å². The Balaban J connectivity index is 2.07. The number of hydrogen-bond acceptors (Lipinski definition) is 3. The minimum atomic E-state index is -0.0693. The van der Waals surface area contributed by atoms with Gasteiger partial charge in [0.1, 0.15) is 5.82 Å². The fourth-order valence-corrected chi connectivity index (χ4v) is 2.08. The zero-order valence-electron chi connectivity index (χ0n) is 11.4. The van der Waals surface area contributed by atoms with Gasteiger partial charge in [0.15, 0.2) is 0 Å². The number of nitrogens with one attached hydrogen (secondary N) is 1. The number of carbonyl (C=O) groups excluding carboxylic acids is 1. The minimum absolute atomic E-state index is 0.0693. The van der Waals surface area contributed by atoms with E-state index in [2.05, 4.69) is 10.3 Å². The lowest BCUT2D eigenvalue weighted by Crippen LogP contribution is -2.26. The standard InChI is InChI=1S/C15H16ClN3O/c1-17-14-7-6-12(9-18-14)15(20)19(2)10-11-4-3-5-13(16)8-11/h3-9H,10H2,1-2H3,(H,17,18). The Morgan fingerprint density at radius 1 is 1.35 bits per heavy atom. The molecule has 2 aromatic rings. The second-order valence-corrected chi connectivity index (χ2v) is 4.91. The maximum Gasteiger partial charge on any atom is 0.255 e. The molecule has 0 radical (unpaired) electrons. The number of pyridine rings is 1. The van der Waals surface area contributed by atoms with Crippen molar-refractivity contribution in [2.75, 3.05) is 19.4 Å². The number of halogens is 1. The van der Waals surface area contributed by atoms with Crippen molar-refractivity contribution < 1.29 is 4.79 Å². The van der Waals surface area contributed by atoms with E-state index in [1.807, 2.05) is 24.3 Å². The van der Waals surface area contributed by atoms with E-state index in [9.17, 15) is 4.79 Å². The van der Waals surface area contributed by atoms with Crippen LogP contribution in [0.25, 0.3) is 0 Å². The number of benzene rings is 1. The monoisotopic (exact) mass is 289 g/mol. The van der Waals surface area contributed by atoms with Crippen molar-refractivity contribution in [1.29, 1.82) is 0 Å². The first-order valence-corrected chi connectivity index (χ1v) is 6.61. The highest BCUT2D eigenvalue weighted by Gasteiger charge is 2.12. The van der Waals surface area contributed by atoms with Crippen LogP contribution in [0.2, 0.25) is 5.02 Å². The molecular formula is C15H16ClN3O. The van der Waals surface area contributed by atoms with Crippen LogP contribution in [0.5, 0.6) is 0 Å². The Kier molecular flexibility index (Phi) is 4.58. The lowest BCUT2D eigenvalue weighted by atomic mass is 10.2. The minimum Gasteiger partial charge on any atom is -0.373 e. The first-order valence-electron chi connectivity index (χ1n) is 6.24. The normalized spacial score (nSPS) is 10.2. The van der Waals surface area contributed by atoms with Crippen LogP contribution >= 0.6 is 11.6 Å². The Bertz CT molecular complexity index is 598. The van der Waals surface area contributed by atoms with Crippen molar-refractivity contribution in [3.63, 3.8) is 0 Å². The molecule has 4 nitrogen and oxygen atoms in total. The summed E-state index contributed by atoms with van der Waals surface area (Å²) in [5.41, 5.74) is 1.56. The molecule has 1 heterocycles. The molecule has 0 aliphatic rings. The number of anilines is 1. The zero-order chi connectivity index (χ0) is 14.5. The Morgan fingerprint density at radius 2 is 2.15 bits per heavy atom. The third-order valence-electron chi connectivity index (χ3n) is 2.92. The van der Waals surface area contributed by atoms with Gasteiger partial charge in [0.2, 0.25) is 0 Å². The molecular weight excluding hydrogens is 274 g/mol. The number of rotatable bonds is 4. The lowest BCUT2D eigenvalue weighted by Gasteiger charge is -2.17. The first kappa shape index (κ1) is 14.3. The molecule has 0 saturated carbocycles. The summed E-state index contributed by atoms with van der Waals surface area (Å²) in [5, 5.41) is 3.59. The van der Waals surface area contributed by atoms with Gasteiger partial charge in [-0.1, -0.05) is 23.7 Å².